The molecule has 1 aromatic heterocycles. The van der Waals surface area contributed by atoms with Crippen molar-refractivity contribution in [3.05, 3.63) is 12.2 Å². The van der Waals surface area contributed by atoms with Crippen molar-refractivity contribution < 1.29 is 0 Å². The quantitative estimate of drug-likeness (QED) is 0.856. The topological polar surface area (TPSA) is 42.7 Å². The van der Waals surface area contributed by atoms with Gasteiger partial charge in [0.25, 0.3) is 0 Å². The van der Waals surface area contributed by atoms with Crippen LogP contribution in [0.3, 0.4) is 0 Å². The number of rotatable bonds is 6. The average Bonchev–Trinajstić information content (AvgIpc) is 2.80. The minimum Gasteiger partial charge on any atom is -0.314 e. The van der Waals surface area contributed by atoms with E-state index in [0.29, 0.717) is 12.1 Å². The monoisotopic (exact) mass is 262 g/mol. The van der Waals surface area contributed by atoms with E-state index in [1.807, 2.05) is 0 Å². The lowest BCUT2D eigenvalue weighted by atomic mass is 9.91. The SMILES string of the molecule is CCNC(Cc1ncnn1C(C)C)C1CC2CC2C1. The van der Waals surface area contributed by atoms with Gasteiger partial charge in [0.1, 0.15) is 12.2 Å². The normalized spacial score (nSPS) is 30.6. The maximum atomic E-state index is 4.47. The van der Waals surface area contributed by atoms with Crippen LogP contribution >= 0.6 is 0 Å². The summed E-state index contributed by atoms with van der Waals surface area (Å²) in [7, 11) is 0. The number of hydrogen-bond donors (Lipinski definition) is 1. The van der Waals surface area contributed by atoms with Crippen LogP contribution < -0.4 is 5.32 Å². The number of nitrogens with one attached hydrogen (secondary N) is 1. The van der Waals surface area contributed by atoms with Crippen LogP contribution in [0.5, 0.6) is 0 Å². The molecule has 0 bridgehead atoms. The molecule has 0 radical (unpaired) electrons. The molecular formula is C15H26N4. The molecule has 0 aromatic carbocycles. The van der Waals surface area contributed by atoms with Crippen molar-refractivity contribution in [3.8, 4) is 0 Å². The first kappa shape index (κ1) is 13.1. The molecule has 0 amide bonds. The first-order chi connectivity index (χ1) is 9.19. The van der Waals surface area contributed by atoms with Gasteiger partial charge in [0, 0.05) is 18.5 Å². The van der Waals surface area contributed by atoms with Gasteiger partial charge in [0.05, 0.1) is 0 Å². The van der Waals surface area contributed by atoms with Gasteiger partial charge < -0.3 is 5.32 Å². The van der Waals surface area contributed by atoms with Crippen LogP contribution in [0.4, 0.5) is 0 Å². The van der Waals surface area contributed by atoms with E-state index in [0.717, 1.165) is 36.5 Å². The summed E-state index contributed by atoms with van der Waals surface area (Å²) in [5, 5.41) is 8.05. The Morgan fingerprint density at radius 2 is 2.05 bits per heavy atom. The predicted molar refractivity (Wildman–Crippen MR) is 75.9 cm³/mol. The van der Waals surface area contributed by atoms with E-state index in [4.69, 9.17) is 0 Å². The van der Waals surface area contributed by atoms with Crippen molar-refractivity contribution in [1.82, 2.24) is 20.1 Å². The van der Waals surface area contributed by atoms with Gasteiger partial charge in [-0.05, 0) is 57.4 Å². The van der Waals surface area contributed by atoms with Gasteiger partial charge in [0.2, 0.25) is 0 Å². The van der Waals surface area contributed by atoms with Crippen molar-refractivity contribution in [2.24, 2.45) is 17.8 Å². The number of nitrogens with zero attached hydrogens (tertiary/aromatic N) is 3. The fourth-order valence-corrected chi connectivity index (χ4v) is 3.81. The Bertz CT molecular complexity index is 416. The Labute approximate surface area is 116 Å². The van der Waals surface area contributed by atoms with Crippen LogP contribution in [0.2, 0.25) is 0 Å². The molecule has 3 rings (SSSR count). The summed E-state index contributed by atoms with van der Waals surface area (Å²) in [5.41, 5.74) is 0. The summed E-state index contributed by atoms with van der Waals surface area (Å²) in [5.74, 6) is 4.09. The Hall–Kier alpha value is -0.900. The summed E-state index contributed by atoms with van der Waals surface area (Å²) < 4.78 is 2.07. The van der Waals surface area contributed by atoms with E-state index in [-0.39, 0.29) is 0 Å². The smallest absolute Gasteiger partial charge is 0.138 e. The molecule has 0 saturated heterocycles. The van der Waals surface area contributed by atoms with E-state index in [1.165, 1.54) is 19.3 Å². The summed E-state index contributed by atoms with van der Waals surface area (Å²) in [4.78, 5) is 4.47. The third-order valence-electron chi connectivity index (χ3n) is 4.85. The van der Waals surface area contributed by atoms with E-state index in [2.05, 4.69) is 40.9 Å². The van der Waals surface area contributed by atoms with Gasteiger partial charge in [-0.25, -0.2) is 9.67 Å². The first-order valence-electron chi connectivity index (χ1n) is 7.80. The van der Waals surface area contributed by atoms with Gasteiger partial charge in [0.15, 0.2) is 0 Å². The Balaban J connectivity index is 1.68. The van der Waals surface area contributed by atoms with Gasteiger partial charge >= 0.3 is 0 Å². The summed E-state index contributed by atoms with van der Waals surface area (Å²) >= 11 is 0. The van der Waals surface area contributed by atoms with Crippen LogP contribution in [-0.2, 0) is 6.42 Å². The number of likely N-dealkylation sites (N-methyl/N-ethyl adjacent to an activating group) is 1. The molecule has 4 heteroatoms. The fourth-order valence-electron chi connectivity index (χ4n) is 3.81. The standard InChI is InChI=1S/C15H26N4/c1-4-16-14(13-6-11-5-12(11)7-13)8-15-17-9-18-19(15)10(2)3/h9-14,16H,4-8H2,1-3H3. The molecule has 2 aliphatic carbocycles. The summed E-state index contributed by atoms with van der Waals surface area (Å²) in [6, 6.07) is 0.983. The Morgan fingerprint density at radius 3 is 2.68 bits per heavy atom. The van der Waals surface area contributed by atoms with E-state index >= 15 is 0 Å². The molecule has 0 aliphatic heterocycles. The number of aromatic nitrogens is 3. The van der Waals surface area contributed by atoms with E-state index < -0.39 is 0 Å². The third-order valence-corrected chi connectivity index (χ3v) is 4.85. The van der Waals surface area contributed by atoms with Gasteiger partial charge in [-0.2, -0.15) is 5.10 Å². The second kappa shape index (κ2) is 5.23. The molecule has 2 aliphatic rings. The van der Waals surface area contributed by atoms with Crippen molar-refractivity contribution in [2.75, 3.05) is 6.54 Å². The van der Waals surface area contributed by atoms with Gasteiger partial charge in [-0.15, -0.1) is 0 Å². The van der Waals surface area contributed by atoms with Crippen LogP contribution in [-0.4, -0.2) is 27.4 Å². The molecule has 106 valence electrons. The number of hydrogen-bond acceptors (Lipinski definition) is 3. The Kier molecular flexibility index (Phi) is 3.61. The van der Waals surface area contributed by atoms with Crippen LogP contribution in [0.1, 0.15) is 51.9 Å². The molecule has 2 fully saturated rings. The van der Waals surface area contributed by atoms with Crippen molar-refractivity contribution in [1.29, 1.82) is 0 Å². The second-order valence-corrected chi connectivity index (χ2v) is 6.57. The molecular weight excluding hydrogens is 236 g/mol. The largest absolute Gasteiger partial charge is 0.314 e. The van der Waals surface area contributed by atoms with Crippen LogP contribution in [0, 0.1) is 17.8 Å². The minimum absolute atomic E-state index is 0.400. The average molecular weight is 262 g/mol. The molecule has 19 heavy (non-hydrogen) atoms. The van der Waals surface area contributed by atoms with Crippen molar-refractivity contribution >= 4 is 0 Å². The lowest BCUT2D eigenvalue weighted by molar-refractivity contribution is 0.326. The predicted octanol–water partition coefficient (Wildman–Crippen LogP) is 2.43. The highest BCUT2D eigenvalue weighted by Gasteiger charge is 2.47. The van der Waals surface area contributed by atoms with Crippen molar-refractivity contribution in [3.63, 3.8) is 0 Å². The van der Waals surface area contributed by atoms with Crippen molar-refractivity contribution in [2.45, 2.75) is 58.5 Å². The maximum Gasteiger partial charge on any atom is 0.138 e. The summed E-state index contributed by atoms with van der Waals surface area (Å²) in [6.07, 6.45) is 7.08. The molecule has 3 atom stereocenters. The molecule has 1 N–H and O–H groups in total. The molecule has 3 unspecified atom stereocenters. The van der Waals surface area contributed by atoms with E-state index in [1.54, 1.807) is 6.33 Å². The lowest BCUT2D eigenvalue weighted by Crippen LogP contribution is -2.38. The highest BCUT2D eigenvalue weighted by Crippen LogP contribution is 2.55. The van der Waals surface area contributed by atoms with Gasteiger partial charge in [-0.3, -0.25) is 0 Å². The highest BCUT2D eigenvalue weighted by molar-refractivity contribution is 5.02. The fraction of sp³-hybridized carbons (Fsp3) is 0.867. The zero-order valence-corrected chi connectivity index (χ0v) is 12.3. The molecule has 1 aromatic rings. The lowest BCUT2D eigenvalue weighted by Gasteiger charge is -2.25. The third kappa shape index (κ3) is 2.69. The zero-order valence-electron chi connectivity index (χ0n) is 12.3. The molecule has 1 heterocycles. The van der Waals surface area contributed by atoms with Crippen LogP contribution in [0.25, 0.3) is 0 Å². The minimum atomic E-state index is 0.400. The maximum absolute atomic E-state index is 4.47. The molecule has 4 nitrogen and oxygen atoms in total. The first-order valence-corrected chi connectivity index (χ1v) is 7.80. The molecule has 2 saturated carbocycles. The molecule has 0 spiro atoms. The Morgan fingerprint density at radius 1 is 1.32 bits per heavy atom. The number of fused-ring (bicyclic) bond motifs is 1. The van der Waals surface area contributed by atoms with E-state index in [9.17, 15) is 0 Å². The van der Waals surface area contributed by atoms with Crippen LogP contribution in [0.15, 0.2) is 6.33 Å². The van der Waals surface area contributed by atoms with Gasteiger partial charge in [-0.1, -0.05) is 6.92 Å². The summed E-state index contributed by atoms with van der Waals surface area (Å²) in [6.45, 7) is 7.60. The highest BCUT2D eigenvalue weighted by atomic mass is 15.3. The second-order valence-electron chi connectivity index (χ2n) is 6.57. The zero-order chi connectivity index (χ0) is 13.4.